The van der Waals surface area contributed by atoms with Gasteiger partial charge < -0.3 is 10.6 Å². The average Bonchev–Trinajstić information content (AvgIpc) is 3.40. The minimum absolute atomic E-state index is 0.112. The van der Waals surface area contributed by atoms with E-state index in [4.69, 9.17) is 0 Å². The second kappa shape index (κ2) is 8.26. The van der Waals surface area contributed by atoms with Crippen molar-refractivity contribution in [3.05, 3.63) is 89.5 Å². The summed E-state index contributed by atoms with van der Waals surface area (Å²) in [7, 11) is 0. The number of amides is 2. The quantitative estimate of drug-likeness (QED) is 0.518. The summed E-state index contributed by atoms with van der Waals surface area (Å²) in [5, 5.41) is 5.59. The predicted octanol–water partition coefficient (Wildman–Crippen LogP) is 5.92. The Morgan fingerprint density at radius 2 is 1.78 bits per heavy atom. The number of alkyl halides is 3. The molecule has 1 aliphatic rings. The third-order valence-corrected chi connectivity index (χ3v) is 5.80. The number of rotatable bonds is 5. The lowest BCUT2D eigenvalue weighted by atomic mass is 9.94. The summed E-state index contributed by atoms with van der Waals surface area (Å²) in [6.07, 6.45) is 1.27. The molecule has 2 heterocycles. The predicted molar refractivity (Wildman–Crippen MR) is 115 cm³/mol. The van der Waals surface area contributed by atoms with Crippen molar-refractivity contribution in [2.75, 3.05) is 5.32 Å². The van der Waals surface area contributed by atoms with Crippen LogP contribution >= 0.6 is 0 Å². The maximum atomic E-state index is 13.1. The Kier molecular flexibility index (Phi) is 5.62. The van der Waals surface area contributed by atoms with E-state index in [2.05, 4.69) is 34.4 Å². The fraction of sp³-hybridized carbons (Fsp3) is 0.292. The summed E-state index contributed by atoms with van der Waals surface area (Å²) in [4.78, 5) is 21.3. The number of hydrogen-bond donors (Lipinski definition) is 2. The third kappa shape index (κ3) is 4.74. The van der Waals surface area contributed by atoms with Crippen LogP contribution < -0.4 is 10.6 Å². The first kappa shape index (κ1) is 21.8. The molecule has 1 aliphatic carbocycles. The number of benzene rings is 1. The molecule has 0 bridgehead atoms. The number of pyridine rings is 2. The van der Waals surface area contributed by atoms with Crippen LogP contribution in [0.5, 0.6) is 0 Å². The zero-order valence-corrected chi connectivity index (χ0v) is 17.6. The normalized spacial score (nSPS) is 18.0. The molecule has 2 atom stereocenters. The van der Waals surface area contributed by atoms with Gasteiger partial charge in [-0.2, -0.15) is 13.2 Å². The standard InChI is InChI=1S/C24H23F3N4O/c1-23(2)13-19(23)18-6-4-12-29-21(18)20(15-7-9-16(10-8-15)24(25,26)27)31-22(32)30-17-5-3-11-28-14-17/h3-12,14,19-20H,13H2,1-2H3,(H2,30,31,32)/t19-,20?/m0/s1. The van der Waals surface area contributed by atoms with Crippen molar-refractivity contribution in [1.29, 1.82) is 0 Å². The summed E-state index contributed by atoms with van der Waals surface area (Å²) in [5.41, 5.74) is 2.00. The first-order valence-corrected chi connectivity index (χ1v) is 10.2. The van der Waals surface area contributed by atoms with Crippen molar-refractivity contribution in [1.82, 2.24) is 15.3 Å². The minimum Gasteiger partial charge on any atom is -0.325 e. The van der Waals surface area contributed by atoms with Crippen LogP contribution in [0, 0.1) is 5.41 Å². The Hall–Kier alpha value is -3.42. The number of halogens is 3. The van der Waals surface area contributed by atoms with E-state index in [1.165, 1.54) is 18.3 Å². The van der Waals surface area contributed by atoms with Crippen LogP contribution in [0.4, 0.5) is 23.7 Å². The van der Waals surface area contributed by atoms with E-state index in [9.17, 15) is 18.0 Å². The van der Waals surface area contributed by atoms with Crippen LogP contribution in [0.25, 0.3) is 0 Å². The van der Waals surface area contributed by atoms with Crippen molar-refractivity contribution < 1.29 is 18.0 Å². The summed E-state index contributed by atoms with van der Waals surface area (Å²) in [5.74, 6) is 0.270. The molecule has 4 rings (SSSR count). The van der Waals surface area contributed by atoms with Crippen LogP contribution in [0.15, 0.2) is 67.1 Å². The lowest BCUT2D eigenvalue weighted by Crippen LogP contribution is -2.34. The third-order valence-electron chi connectivity index (χ3n) is 5.80. The smallest absolute Gasteiger partial charge is 0.325 e. The van der Waals surface area contributed by atoms with Gasteiger partial charge in [-0.3, -0.25) is 9.97 Å². The van der Waals surface area contributed by atoms with Gasteiger partial charge in [-0.05, 0) is 59.2 Å². The maximum absolute atomic E-state index is 13.1. The van der Waals surface area contributed by atoms with E-state index in [0.717, 1.165) is 24.1 Å². The van der Waals surface area contributed by atoms with Gasteiger partial charge in [0.15, 0.2) is 0 Å². The zero-order chi connectivity index (χ0) is 22.9. The highest BCUT2D eigenvalue weighted by molar-refractivity contribution is 5.89. The Morgan fingerprint density at radius 3 is 2.38 bits per heavy atom. The minimum atomic E-state index is -4.44. The summed E-state index contributed by atoms with van der Waals surface area (Å²) in [6.45, 7) is 4.31. The van der Waals surface area contributed by atoms with E-state index in [1.807, 2.05) is 12.1 Å². The molecule has 1 unspecified atom stereocenters. The number of urea groups is 1. The van der Waals surface area contributed by atoms with Crippen LogP contribution in [0.3, 0.4) is 0 Å². The number of aromatic nitrogens is 2. The Balaban J connectivity index is 1.68. The van der Waals surface area contributed by atoms with Crippen LogP contribution in [0.2, 0.25) is 0 Å². The van der Waals surface area contributed by atoms with Gasteiger partial charge in [0.25, 0.3) is 0 Å². The fourth-order valence-electron chi connectivity index (χ4n) is 3.87. The van der Waals surface area contributed by atoms with Gasteiger partial charge in [0.2, 0.25) is 0 Å². The number of carbonyl (C=O) groups is 1. The number of nitrogens with zero attached hydrogens (tertiary/aromatic N) is 2. The largest absolute Gasteiger partial charge is 0.416 e. The van der Waals surface area contributed by atoms with E-state index in [-0.39, 0.29) is 11.3 Å². The molecule has 2 amide bonds. The molecule has 2 N–H and O–H groups in total. The molecule has 5 nitrogen and oxygen atoms in total. The monoisotopic (exact) mass is 440 g/mol. The van der Waals surface area contributed by atoms with Gasteiger partial charge in [-0.15, -0.1) is 0 Å². The van der Waals surface area contributed by atoms with Crippen LogP contribution in [-0.2, 0) is 6.18 Å². The van der Waals surface area contributed by atoms with E-state index in [1.54, 1.807) is 24.5 Å². The molecule has 3 aromatic rings. The summed E-state index contributed by atoms with van der Waals surface area (Å²) < 4.78 is 39.2. The van der Waals surface area contributed by atoms with Gasteiger partial charge in [-0.25, -0.2) is 4.79 Å². The maximum Gasteiger partial charge on any atom is 0.416 e. The Labute approximate surface area is 184 Å². The summed E-state index contributed by atoms with van der Waals surface area (Å²) in [6, 6.07) is 10.8. The topological polar surface area (TPSA) is 66.9 Å². The van der Waals surface area contributed by atoms with Gasteiger partial charge in [0, 0.05) is 12.4 Å². The van der Waals surface area contributed by atoms with Gasteiger partial charge in [0.1, 0.15) is 0 Å². The highest BCUT2D eigenvalue weighted by Gasteiger charge is 2.48. The number of nitrogens with one attached hydrogen (secondary N) is 2. The molecule has 1 aromatic carbocycles. The Morgan fingerprint density at radius 1 is 1.09 bits per heavy atom. The van der Waals surface area contributed by atoms with Crippen LogP contribution in [0.1, 0.15) is 54.6 Å². The van der Waals surface area contributed by atoms with Gasteiger partial charge in [0.05, 0.1) is 29.2 Å². The van der Waals surface area contributed by atoms with Crippen molar-refractivity contribution >= 4 is 11.7 Å². The molecule has 8 heteroatoms. The highest BCUT2D eigenvalue weighted by Crippen LogP contribution is 2.59. The lowest BCUT2D eigenvalue weighted by Gasteiger charge is -2.23. The second-order valence-electron chi connectivity index (χ2n) is 8.62. The molecule has 1 fully saturated rings. The number of hydrogen-bond acceptors (Lipinski definition) is 3. The molecule has 0 aliphatic heterocycles. The number of anilines is 1. The van der Waals surface area contributed by atoms with Gasteiger partial charge >= 0.3 is 12.2 Å². The Bertz CT molecular complexity index is 1100. The van der Waals surface area contributed by atoms with E-state index < -0.39 is 23.8 Å². The zero-order valence-electron chi connectivity index (χ0n) is 17.6. The first-order chi connectivity index (χ1) is 15.1. The van der Waals surface area contributed by atoms with Gasteiger partial charge in [-0.1, -0.05) is 32.0 Å². The molecule has 0 spiro atoms. The van der Waals surface area contributed by atoms with Crippen LogP contribution in [-0.4, -0.2) is 16.0 Å². The van der Waals surface area contributed by atoms with Crippen molar-refractivity contribution in [3.63, 3.8) is 0 Å². The molecule has 2 aromatic heterocycles. The van der Waals surface area contributed by atoms with Crippen molar-refractivity contribution in [3.8, 4) is 0 Å². The van der Waals surface area contributed by atoms with Crippen molar-refractivity contribution in [2.45, 2.75) is 38.4 Å². The van der Waals surface area contributed by atoms with E-state index in [0.29, 0.717) is 16.9 Å². The molecule has 32 heavy (non-hydrogen) atoms. The lowest BCUT2D eigenvalue weighted by molar-refractivity contribution is -0.137. The SMILES string of the molecule is CC1(C)C[C@H]1c1cccnc1C(NC(=O)Nc1cccnc1)c1ccc(C(F)(F)F)cc1. The molecule has 166 valence electrons. The molecular formula is C24H23F3N4O. The summed E-state index contributed by atoms with van der Waals surface area (Å²) >= 11 is 0. The average molecular weight is 440 g/mol. The highest BCUT2D eigenvalue weighted by atomic mass is 19.4. The van der Waals surface area contributed by atoms with E-state index >= 15 is 0 Å². The second-order valence-corrected chi connectivity index (χ2v) is 8.62. The molecule has 0 saturated heterocycles. The molecule has 1 saturated carbocycles. The molecule has 0 radical (unpaired) electrons. The van der Waals surface area contributed by atoms with Crippen molar-refractivity contribution in [2.24, 2.45) is 5.41 Å². The number of carbonyl (C=O) groups excluding carboxylic acids is 1. The molecular weight excluding hydrogens is 417 g/mol. The first-order valence-electron chi connectivity index (χ1n) is 10.2. The fourth-order valence-corrected chi connectivity index (χ4v) is 3.87.